The summed E-state index contributed by atoms with van der Waals surface area (Å²) in [6.07, 6.45) is 1.26. The molecule has 0 radical (unpaired) electrons. The zero-order valence-corrected chi connectivity index (χ0v) is 16.8. The lowest BCUT2D eigenvalue weighted by Gasteiger charge is -2.26. The summed E-state index contributed by atoms with van der Waals surface area (Å²) in [4.78, 5) is 10.6. The van der Waals surface area contributed by atoms with Gasteiger partial charge in [0.15, 0.2) is 0 Å². The van der Waals surface area contributed by atoms with Gasteiger partial charge < -0.3 is 14.6 Å². The fourth-order valence-electron chi connectivity index (χ4n) is 2.79. The molecule has 12 heteroatoms. The summed E-state index contributed by atoms with van der Waals surface area (Å²) in [5.41, 5.74) is 2.39. The van der Waals surface area contributed by atoms with Crippen LogP contribution in [0.1, 0.15) is 5.56 Å². The molecule has 0 spiro atoms. The SMILES string of the molecule is COc1ccc(O)c(C=NNc2ccc(S(=O)(=O)N3CCOCC3)cc2[N+](=O)[O-])c1. The van der Waals surface area contributed by atoms with Crippen molar-refractivity contribution in [2.24, 2.45) is 5.10 Å². The summed E-state index contributed by atoms with van der Waals surface area (Å²) in [6, 6.07) is 8.07. The number of nitrogens with zero attached hydrogens (tertiary/aromatic N) is 3. The van der Waals surface area contributed by atoms with E-state index >= 15 is 0 Å². The third kappa shape index (κ3) is 4.67. The van der Waals surface area contributed by atoms with E-state index < -0.39 is 20.6 Å². The number of morpholine rings is 1. The van der Waals surface area contributed by atoms with Crippen LogP contribution in [0.25, 0.3) is 0 Å². The Bertz CT molecular complexity index is 1070. The number of phenolic OH excluding ortho intramolecular Hbond substituents is 1. The highest BCUT2D eigenvalue weighted by atomic mass is 32.2. The molecule has 0 atom stereocenters. The van der Waals surface area contributed by atoms with Crippen LogP contribution >= 0.6 is 0 Å². The Kier molecular flexibility index (Phi) is 6.50. The molecule has 2 aromatic rings. The number of nitro groups is 1. The van der Waals surface area contributed by atoms with E-state index in [-0.39, 0.29) is 42.6 Å². The average molecular weight is 436 g/mol. The normalized spacial score (nSPS) is 15.2. The fourth-order valence-corrected chi connectivity index (χ4v) is 4.22. The molecule has 1 fully saturated rings. The molecule has 0 aromatic heterocycles. The van der Waals surface area contributed by atoms with Gasteiger partial charge in [-0.15, -0.1) is 0 Å². The van der Waals surface area contributed by atoms with Crippen molar-refractivity contribution < 1.29 is 27.9 Å². The summed E-state index contributed by atoms with van der Waals surface area (Å²) < 4.78 is 36.9. The van der Waals surface area contributed by atoms with Gasteiger partial charge in [0, 0.05) is 24.7 Å². The van der Waals surface area contributed by atoms with E-state index in [0.717, 1.165) is 6.07 Å². The third-order valence-electron chi connectivity index (χ3n) is 4.40. The van der Waals surface area contributed by atoms with Gasteiger partial charge in [0.05, 0.1) is 36.4 Å². The molecule has 1 saturated heterocycles. The van der Waals surface area contributed by atoms with Gasteiger partial charge in [-0.25, -0.2) is 8.42 Å². The molecule has 160 valence electrons. The number of nitro benzene ring substituents is 1. The maximum absolute atomic E-state index is 12.7. The van der Waals surface area contributed by atoms with Crippen molar-refractivity contribution in [3.05, 3.63) is 52.1 Å². The van der Waals surface area contributed by atoms with Crippen LogP contribution in [-0.2, 0) is 14.8 Å². The number of ether oxygens (including phenoxy) is 2. The van der Waals surface area contributed by atoms with Gasteiger partial charge >= 0.3 is 0 Å². The van der Waals surface area contributed by atoms with Gasteiger partial charge in [-0.3, -0.25) is 15.5 Å². The summed E-state index contributed by atoms with van der Waals surface area (Å²) >= 11 is 0. The Labute approximate surface area is 172 Å². The molecule has 1 aliphatic rings. The molecule has 11 nitrogen and oxygen atoms in total. The molecule has 0 bridgehead atoms. The minimum atomic E-state index is -3.88. The van der Waals surface area contributed by atoms with Crippen LogP contribution in [0.4, 0.5) is 11.4 Å². The number of sulfonamides is 1. The second-order valence-corrected chi connectivity index (χ2v) is 8.19. The van der Waals surface area contributed by atoms with Crippen molar-refractivity contribution in [3.63, 3.8) is 0 Å². The highest BCUT2D eigenvalue weighted by Gasteiger charge is 2.28. The van der Waals surface area contributed by atoms with Crippen molar-refractivity contribution in [3.8, 4) is 11.5 Å². The predicted octanol–water partition coefficient (Wildman–Crippen LogP) is 1.78. The maximum atomic E-state index is 12.7. The van der Waals surface area contributed by atoms with Crippen molar-refractivity contribution in [1.82, 2.24) is 4.31 Å². The lowest BCUT2D eigenvalue weighted by atomic mass is 10.2. The van der Waals surface area contributed by atoms with Gasteiger partial charge in [0.2, 0.25) is 10.0 Å². The molecule has 30 heavy (non-hydrogen) atoms. The molecule has 3 rings (SSSR count). The van der Waals surface area contributed by atoms with Crippen LogP contribution < -0.4 is 10.2 Å². The van der Waals surface area contributed by atoms with E-state index in [0.29, 0.717) is 11.3 Å². The number of nitrogens with one attached hydrogen (secondary N) is 1. The second kappa shape index (κ2) is 9.07. The number of phenols is 1. The third-order valence-corrected chi connectivity index (χ3v) is 6.29. The molecule has 0 saturated carbocycles. The number of benzene rings is 2. The van der Waals surface area contributed by atoms with Crippen LogP contribution in [-0.4, -0.2) is 62.4 Å². The summed E-state index contributed by atoms with van der Waals surface area (Å²) in [5.74, 6) is 0.445. The van der Waals surface area contributed by atoms with Gasteiger partial charge in [-0.2, -0.15) is 9.41 Å². The van der Waals surface area contributed by atoms with Crippen LogP contribution in [0.5, 0.6) is 11.5 Å². The van der Waals surface area contributed by atoms with Gasteiger partial charge in [0.1, 0.15) is 17.2 Å². The fraction of sp³-hybridized carbons (Fsp3) is 0.278. The molecular formula is C18H20N4O7S. The van der Waals surface area contributed by atoms with Gasteiger partial charge in [0.25, 0.3) is 5.69 Å². The summed E-state index contributed by atoms with van der Waals surface area (Å²) in [6.45, 7) is 0.911. The second-order valence-electron chi connectivity index (χ2n) is 6.25. The number of aromatic hydroxyl groups is 1. The van der Waals surface area contributed by atoms with Crippen molar-refractivity contribution >= 4 is 27.6 Å². The van der Waals surface area contributed by atoms with E-state index in [9.17, 15) is 23.6 Å². The first-order valence-electron chi connectivity index (χ1n) is 8.85. The van der Waals surface area contributed by atoms with E-state index in [4.69, 9.17) is 9.47 Å². The Hall–Kier alpha value is -3.22. The molecule has 2 aromatic carbocycles. The van der Waals surface area contributed by atoms with Crippen molar-refractivity contribution in [2.75, 3.05) is 38.8 Å². The lowest BCUT2D eigenvalue weighted by molar-refractivity contribution is -0.384. The van der Waals surface area contributed by atoms with Crippen LogP contribution in [0, 0.1) is 10.1 Å². The molecule has 2 N–H and O–H groups in total. The van der Waals surface area contributed by atoms with E-state index in [1.54, 1.807) is 6.07 Å². The van der Waals surface area contributed by atoms with Crippen molar-refractivity contribution in [1.29, 1.82) is 0 Å². The average Bonchev–Trinajstić information content (AvgIpc) is 2.75. The summed E-state index contributed by atoms with van der Waals surface area (Å²) in [7, 11) is -2.40. The number of methoxy groups -OCH3 is 1. The quantitative estimate of drug-likeness (QED) is 0.380. The first kappa shape index (κ1) is 21.5. The topological polar surface area (TPSA) is 144 Å². The monoisotopic (exact) mass is 436 g/mol. The zero-order chi connectivity index (χ0) is 21.7. The van der Waals surface area contributed by atoms with Crippen molar-refractivity contribution in [2.45, 2.75) is 4.90 Å². The number of anilines is 1. The first-order chi connectivity index (χ1) is 14.3. The maximum Gasteiger partial charge on any atom is 0.295 e. The van der Waals surface area contributed by atoms with Crippen LogP contribution in [0.3, 0.4) is 0 Å². The minimum Gasteiger partial charge on any atom is -0.507 e. The number of hydrazone groups is 1. The molecule has 0 unspecified atom stereocenters. The molecule has 0 aliphatic carbocycles. The van der Waals surface area contributed by atoms with Gasteiger partial charge in [-0.05, 0) is 30.3 Å². The van der Waals surface area contributed by atoms with E-state index in [2.05, 4.69) is 10.5 Å². The van der Waals surface area contributed by atoms with Crippen LogP contribution in [0.15, 0.2) is 46.4 Å². The highest BCUT2D eigenvalue weighted by molar-refractivity contribution is 7.89. The molecule has 0 amide bonds. The molecular weight excluding hydrogens is 416 g/mol. The van der Waals surface area contributed by atoms with E-state index in [1.807, 2.05) is 0 Å². The lowest BCUT2D eigenvalue weighted by Crippen LogP contribution is -2.40. The minimum absolute atomic E-state index is 0.000404. The Morgan fingerprint density at radius 3 is 2.67 bits per heavy atom. The highest BCUT2D eigenvalue weighted by Crippen LogP contribution is 2.29. The largest absolute Gasteiger partial charge is 0.507 e. The Balaban J connectivity index is 1.85. The zero-order valence-electron chi connectivity index (χ0n) is 16.0. The van der Waals surface area contributed by atoms with Gasteiger partial charge in [-0.1, -0.05) is 0 Å². The number of hydrogen-bond acceptors (Lipinski definition) is 9. The smallest absolute Gasteiger partial charge is 0.295 e. The number of rotatable bonds is 7. The van der Waals surface area contributed by atoms with E-state index in [1.165, 1.54) is 41.9 Å². The summed E-state index contributed by atoms with van der Waals surface area (Å²) in [5, 5.41) is 25.2. The first-order valence-corrected chi connectivity index (χ1v) is 10.3. The predicted molar refractivity (Wildman–Crippen MR) is 109 cm³/mol. The molecule has 1 aliphatic heterocycles. The Morgan fingerprint density at radius 1 is 1.27 bits per heavy atom. The number of hydrogen-bond donors (Lipinski definition) is 2. The Morgan fingerprint density at radius 2 is 2.00 bits per heavy atom. The molecule has 1 heterocycles. The standard InChI is InChI=1S/C18H20N4O7S/c1-28-14-2-5-18(23)13(10-14)12-19-20-16-4-3-15(11-17(16)22(24)25)30(26,27)21-6-8-29-9-7-21/h2-5,10-12,20,23H,6-9H2,1H3. The van der Waals surface area contributed by atoms with Crippen LogP contribution in [0.2, 0.25) is 0 Å².